The number of hydrogen-bond donors (Lipinski definition) is 1. The van der Waals surface area contributed by atoms with Gasteiger partial charge in [0, 0.05) is 17.4 Å². The summed E-state index contributed by atoms with van der Waals surface area (Å²) in [5, 5.41) is 3.22. The second-order valence-electron chi connectivity index (χ2n) is 4.91. The first-order valence-electron chi connectivity index (χ1n) is 6.37. The Morgan fingerprint density at radius 1 is 1.33 bits per heavy atom. The maximum absolute atomic E-state index is 5.57. The van der Waals surface area contributed by atoms with Crippen LogP contribution in [0.3, 0.4) is 0 Å². The summed E-state index contributed by atoms with van der Waals surface area (Å²) in [6, 6.07) is 6.66. The van der Waals surface area contributed by atoms with E-state index in [4.69, 9.17) is 5.73 Å². The van der Waals surface area contributed by atoms with Crippen molar-refractivity contribution in [3.63, 3.8) is 0 Å². The molecule has 1 aromatic carbocycles. The summed E-state index contributed by atoms with van der Waals surface area (Å²) in [6.07, 6.45) is 0.861. The number of nitrogens with two attached hydrogens (primary N) is 1. The Bertz CT molecular complexity index is 529. The smallest absolute Gasteiger partial charge is 0.123 e. The molecule has 3 heteroatoms. The van der Waals surface area contributed by atoms with Gasteiger partial charge in [0.05, 0.1) is 5.69 Å². The van der Waals surface area contributed by atoms with Gasteiger partial charge in [0.1, 0.15) is 5.01 Å². The lowest BCUT2D eigenvalue weighted by Gasteiger charge is -2.09. The SMILES string of the molecule is Cc1ccc(C(C)C)cc1-c1nc(CCN)cs1. The van der Waals surface area contributed by atoms with Crippen molar-refractivity contribution >= 4 is 11.3 Å². The van der Waals surface area contributed by atoms with E-state index in [-0.39, 0.29) is 0 Å². The van der Waals surface area contributed by atoms with Gasteiger partial charge in [-0.15, -0.1) is 11.3 Å². The number of benzene rings is 1. The molecule has 0 aliphatic heterocycles. The van der Waals surface area contributed by atoms with Crippen LogP contribution in [0.4, 0.5) is 0 Å². The van der Waals surface area contributed by atoms with Gasteiger partial charge in [0.25, 0.3) is 0 Å². The third-order valence-corrected chi connectivity index (χ3v) is 4.04. The molecule has 2 N–H and O–H groups in total. The molecule has 0 spiro atoms. The monoisotopic (exact) mass is 260 g/mol. The molecule has 0 aliphatic carbocycles. The molecule has 0 fully saturated rings. The molecule has 18 heavy (non-hydrogen) atoms. The third kappa shape index (κ3) is 2.79. The van der Waals surface area contributed by atoms with Crippen LogP contribution in [0, 0.1) is 6.92 Å². The molecule has 0 bridgehead atoms. The van der Waals surface area contributed by atoms with E-state index in [0.29, 0.717) is 12.5 Å². The van der Waals surface area contributed by atoms with E-state index in [1.54, 1.807) is 11.3 Å². The van der Waals surface area contributed by atoms with Crippen molar-refractivity contribution in [1.29, 1.82) is 0 Å². The van der Waals surface area contributed by atoms with E-state index in [9.17, 15) is 0 Å². The summed E-state index contributed by atoms with van der Waals surface area (Å²) >= 11 is 1.71. The van der Waals surface area contributed by atoms with Gasteiger partial charge < -0.3 is 5.73 Å². The molecule has 0 amide bonds. The Balaban J connectivity index is 2.38. The van der Waals surface area contributed by atoms with Gasteiger partial charge in [0.2, 0.25) is 0 Å². The molecular formula is C15H20N2S. The fourth-order valence-corrected chi connectivity index (χ4v) is 2.86. The van der Waals surface area contributed by atoms with Crippen LogP contribution < -0.4 is 5.73 Å². The zero-order valence-corrected chi connectivity index (χ0v) is 12.1. The van der Waals surface area contributed by atoms with Crippen molar-refractivity contribution in [3.05, 3.63) is 40.4 Å². The van der Waals surface area contributed by atoms with E-state index < -0.39 is 0 Å². The van der Waals surface area contributed by atoms with E-state index in [1.165, 1.54) is 16.7 Å². The Hall–Kier alpha value is -1.19. The fourth-order valence-electron chi connectivity index (χ4n) is 1.92. The average molecular weight is 260 g/mol. The summed E-state index contributed by atoms with van der Waals surface area (Å²) in [7, 11) is 0. The van der Waals surface area contributed by atoms with Gasteiger partial charge in [-0.1, -0.05) is 26.0 Å². The molecule has 0 atom stereocenters. The van der Waals surface area contributed by atoms with Crippen molar-refractivity contribution in [2.45, 2.75) is 33.1 Å². The molecule has 0 saturated heterocycles. The van der Waals surface area contributed by atoms with Crippen molar-refractivity contribution in [2.24, 2.45) is 5.73 Å². The minimum Gasteiger partial charge on any atom is -0.330 e. The van der Waals surface area contributed by atoms with Crippen molar-refractivity contribution in [1.82, 2.24) is 4.98 Å². The summed E-state index contributed by atoms with van der Waals surface area (Å²) in [6.45, 7) is 7.24. The molecule has 2 nitrogen and oxygen atoms in total. The first-order valence-corrected chi connectivity index (χ1v) is 7.25. The van der Waals surface area contributed by atoms with Crippen LogP contribution in [0.2, 0.25) is 0 Å². The second kappa shape index (κ2) is 5.63. The molecule has 2 aromatic rings. The van der Waals surface area contributed by atoms with Crippen LogP contribution in [0.5, 0.6) is 0 Å². The lowest BCUT2D eigenvalue weighted by atomic mass is 9.98. The van der Waals surface area contributed by atoms with Gasteiger partial charge in [-0.25, -0.2) is 4.98 Å². The van der Waals surface area contributed by atoms with E-state index in [0.717, 1.165) is 17.1 Å². The predicted octanol–water partition coefficient (Wildman–Crippen LogP) is 3.74. The Morgan fingerprint density at radius 3 is 2.78 bits per heavy atom. The number of thiazole rings is 1. The Kier molecular flexibility index (Phi) is 4.15. The van der Waals surface area contributed by atoms with Crippen LogP contribution >= 0.6 is 11.3 Å². The Labute approximate surface area is 113 Å². The summed E-state index contributed by atoms with van der Waals surface area (Å²) in [4.78, 5) is 4.67. The van der Waals surface area contributed by atoms with Crippen LogP contribution in [0.1, 0.15) is 36.6 Å². The summed E-state index contributed by atoms with van der Waals surface area (Å²) in [5.41, 5.74) is 10.6. The van der Waals surface area contributed by atoms with Crippen LogP contribution in [-0.4, -0.2) is 11.5 Å². The van der Waals surface area contributed by atoms with Gasteiger partial charge in [0.15, 0.2) is 0 Å². The standard InChI is InChI=1S/C15H20N2S/c1-10(2)12-5-4-11(3)14(8-12)15-17-13(6-7-16)9-18-15/h4-5,8-10H,6-7,16H2,1-3H3. The normalized spacial score (nSPS) is 11.2. The molecule has 0 radical (unpaired) electrons. The van der Waals surface area contributed by atoms with Gasteiger partial charge in [-0.2, -0.15) is 0 Å². The third-order valence-electron chi connectivity index (χ3n) is 3.11. The van der Waals surface area contributed by atoms with E-state index in [2.05, 4.69) is 49.3 Å². The van der Waals surface area contributed by atoms with Gasteiger partial charge in [-0.05, 0) is 36.6 Å². The van der Waals surface area contributed by atoms with Crippen LogP contribution in [0.25, 0.3) is 10.6 Å². The summed E-state index contributed by atoms with van der Waals surface area (Å²) < 4.78 is 0. The predicted molar refractivity (Wildman–Crippen MR) is 79.1 cm³/mol. The highest BCUT2D eigenvalue weighted by atomic mass is 32.1. The number of nitrogens with zero attached hydrogens (tertiary/aromatic N) is 1. The molecule has 2 rings (SSSR count). The molecule has 1 aromatic heterocycles. The Morgan fingerprint density at radius 2 is 2.11 bits per heavy atom. The van der Waals surface area contributed by atoms with Crippen LogP contribution in [0.15, 0.2) is 23.6 Å². The topological polar surface area (TPSA) is 38.9 Å². The quantitative estimate of drug-likeness (QED) is 0.909. The maximum Gasteiger partial charge on any atom is 0.123 e. The molecular weight excluding hydrogens is 240 g/mol. The first-order chi connectivity index (χ1) is 8.61. The molecule has 0 saturated carbocycles. The fraction of sp³-hybridized carbons (Fsp3) is 0.400. The largest absolute Gasteiger partial charge is 0.330 e. The molecule has 1 heterocycles. The zero-order chi connectivity index (χ0) is 13.1. The van der Waals surface area contributed by atoms with Crippen LogP contribution in [-0.2, 0) is 6.42 Å². The highest BCUT2D eigenvalue weighted by Crippen LogP contribution is 2.29. The molecule has 0 unspecified atom stereocenters. The minimum atomic E-state index is 0.549. The maximum atomic E-state index is 5.57. The number of hydrogen-bond acceptors (Lipinski definition) is 3. The lowest BCUT2D eigenvalue weighted by Crippen LogP contribution is -2.02. The average Bonchev–Trinajstić information content (AvgIpc) is 2.78. The summed E-state index contributed by atoms with van der Waals surface area (Å²) in [5.74, 6) is 0.549. The highest BCUT2D eigenvalue weighted by Gasteiger charge is 2.09. The minimum absolute atomic E-state index is 0.549. The number of aryl methyl sites for hydroxylation is 1. The number of aromatic nitrogens is 1. The van der Waals surface area contributed by atoms with Crippen molar-refractivity contribution in [3.8, 4) is 10.6 Å². The number of rotatable bonds is 4. The first kappa shape index (κ1) is 13.2. The lowest BCUT2D eigenvalue weighted by molar-refractivity contribution is 0.866. The van der Waals surface area contributed by atoms with Crippen molar-refractivity contribution in [2.75, 3.05) is 6.54 Å². The van der Waals surface area contributed by atoms with Crippen molar-refractivity contribution < 1.29 is 0 Å². The molecule has 96 valence electrons. The molecule has 0 aliphatic rings. The van der Waals surface area contributed by atoms with E-state index >= 15 is 0 Å². The van der Waals surface area contributed by atoms with Gasteiger partial charge >= 0.3 is 0 Å². The van der Waals surface area contributed by atoms with E-state index in [1.807, 2.05) is 0 Å². The highest BCUT2D eigenvalue weighted by molar-refractivity contribution is 7.13. The van der Waals surface area contributed by atoms with Gasteiger partial charge in [-0.3, -0.25) is 0 Å². The second-order valence-corrected chi connectivity index (χ2v) is 5.77. The zero-order valence-electron chi connectivity index (χ0n) is 11.2.